The Hall–Kier alpha value is -2.17. The van der Waals surface area contributed by atoms with Crippen LogP contribution in [0.2, 0.25) is 0 Å². The van der Waals surface area contributed by atoms with Crippen molar-refractivity contribution in [3.63, 3.8) is 0 Å². The van der Waals surface area contributed by atoms with Crippen LogP contribution in [0.5, 0.6) is 0 Å². The summed E-state index contributed by atoms with van der Waals surface area (Å²) in [7, 11) is 4.51. The van der Waals surface area contributed by atoms with Gasteiger partial charge in [-0.25, -0.2) is 9.48 Å². The molecule has 3 heterocycles. The highest BCUT2D eigenvalue weighted by Crippen LogP contribution is 2.50. The summed E-state index contributed by atoms with van der Waals surface area (Å²) in [6.07, 6.45) is 11.4. The summed E-state index contributed by atoms with van der Waals surface area (Å²) in [6, 6.07) is 6.70. The number of piperazine rings is 1. The van der Waals surface area contributed by atoms with Gasteiger partial charge in [0.15, 0.2) is 11.4 Å². The lowest BCUT2D eigenvalue weighted by molar-refractivity contribution is 0.313. The summed E-state index contributed by atoms with van der Waals surface area (Å²) < 4.78 is 0.748. The van der Waals surface area contributed by atoms with Gasteiger partial charge in [-0.3, -0.25) is 0 Å². The first-order valence-electron chi connectivity index (χ1n) is 9.28. The number of nitrogens with zero attached hydrogens (tertiary/aromatic N) is 4. The van der Waals surface area contributed by atoms with Crippen LogP contribution in [0.1, 0.15) is 12.8 Å². The van der Waals surface area contributed by atoms with Gasteiger partial charge in [0.05, 0.1) is 18.3 Å². The molecule has 1 unspecified atom stereocenters. The molecule has 4 nitrogen and oxygen atoms in total. The van der Waals surface area contributed by atoms with Gasteiger partial charge in [0.25, 0.3) is 0 Å². The predicted molar refractivity (Wildman–Crippen MR) is 106 cm³/mol. The fourth-order valence-corrected chi connectivity index (χ4v) is 4.60. The van der Waals surface area contributed by atoms with Crippen LogP contribution in [0.25, 0.3) is 0 Å². The van der Waals surface area contributed by atoms with E-state index < -0.39 is 0 Å². The van der Waals surface area contributed by atoms with E-state index in [0.717, 1.165) is 49.2 Å². The Morgan fingerprint density at radius 1 is 1.12 bits per heavy atom. The lowest BCUT2D eigenvalue weighted by atomic mass is 9.96. The third-order valence-corrected chi connectivity index (χ3v) is 6.06. The van der Waals surface area contributed by atoms with Gasteiger partial charge in [-0.15, -0.1) is 0 Å². The molecule has 5 rings (SSSR count). The average molecular weight is 333 g/mol. The van der Waals surface area contributed by atoms with Crippen molar-refractivity contribution in [2.45, 2.75) is 12.8 Å². The maximum Gasteiger partial charge on any atom is 0.170 e. The highest BCUT2D eigenvalue weighted by molar-refractivity contribution is 5.97. The fourth-order valence-electron chi connectivity index (χ4n) is 4.60. The first kappa shape index (κ1) is 15.1. The quantitative estimate of drug-likeness (QED) is 0.732. The zero-order chi connectivity index (χ0) is 17.0. The Balaban J connectivity index is 1.67. The monoisotopic (exact) mass is 333 g/mol. The van der Waals surface area contributed by atoms with Crippen molar-refractivity contribution >= 4 is 23.3 Å². The Morgan fingerprint density at radius 2 is 1.96 bits per heavy atom. The standard InChI is InChI=1S/C21H25N4/c1-23-10-12-24(13-11-23)18-7-4-8-19-20(18)22-15-17-6-3-5-16-9-14-25(19,2)21(16)17/h4,6-9,14-15H,3,5,10-13H2,1-2H3/q+1. The molecule has 0 radical (unpaired) electrons. The van der Waals surface area contributed by atoms with E-state index in [1.54, 1.807) is 0 Å². The van der Waals surface area contributed by atoms with Crippen molar-refractivity contribution < 1.29 is 0 Å². The lowest BCUT2D eigenvalue weighted by Crippen LogP contribution is -2.44. The number of anilines is 1. The van der Waals surface area contributed by atoms with E-state index >= 15 is 0 Å². The second-order valence-electron chi connectivity index (χ2n) is 7.66. The van der Waals surface area contributed by atoms with E-state index in [1.165, 1.54) is 28.2 Å². The second-order valence-corrected chi connectivity index (χ2v) is 7.66. The molecule has 1 saturated heterocycles. The van der Waals surface area contributed by atoms with E-state index in [0.29, 0.717) is 0 Å². The van der Waals surface area contributed by atoms with Gasteiger partial charge in [0.2, 0.25) is 0 Å². The maximum atomic E-state index is 5.00. The molecular weight excluding hydrogens is 308 g/mol. The molecule has 0 saturated carbocycles. The number of para-hydroxylation sites is 1. The zero-order valence-corrected chi connectivity index (χ0v) is 15.1. The molecule has 1 atom stereocenters. The average Bonchev–Trinajstić information content (AvgIpc) is 2.92. The first-order valence-corrected chi connectivity index (χ1v) is 9.28. The summed E-state index contributed by atoms with van der Waals surface area (Å²) in [4.78, 5) is 9.90. The molecule has 128 valence electrons. The van der Waals surface area contributed by atoms with Crippen LogP contribution in [-0.2, 0) is 0 Å². The zero-order valence-electron chi connectivity index (χ0n) is 15.1. The molecule has 25 heavy (non-hydrogen) atoms. The van der Waals surface area contributed by atoms with Crippen LogP contribution in [0.15, 0.2) is 58.4 Å². The molecule has 1 aromatic rings. The minimum absolute atomic E-state index is 0.748. The maximum absolute atomic E-state index is 5.00. The number of allylic oxidation sites excluding steroid dienone is 4. The molecule has 0 N–H and O–H groups in total. The van der Waals surface area contributed by atoms with E-state index in [2.05, 4.69) is 66.7 Å². The second kappa shape index (κ2) is 5.41. The van der Waals surface area contributed by atoms with Gasteiger partial charge < -0.3 is 9.80 Å². The smallest absolute Gasteiger partial charge is 0.170 e. The molecular formula is C21H25N4+. The van der Waals surface area contributed by atoms with E-state index in [4.69, 9.17) is 4.99 Å². The van der Waals surface area contributed by atoms with Crippen molar-refractivity contribution in [1.29, 1.82) is 0 Å². The van der Waals surface area contributed by atoms with E-state index in [9.17, 15) is 0 Å². The van der Waals surface area contributed by atoms with Crippen LogP contribution in [0.4, 0.5) is 17.1 Å². The Bertz CT molecular complexity index is 853. The molecule has 0 amide bonds. The van der Waals surface area contributed by atoms with Crippen molar-refractivity contribution in [2.75, 3.05) is 45.2 Å². The minimum atomic E-state index is 0.748. The molecule has 0 aromatic heterocycles. The number of likely N-dealkylation sites (N-methyl/N-ethyl adjacent to an activating group) is 2. The van der Waals surface area contributed by atoms with Gasteiger partial charge in [-0.2, -0.15) is 0 Å². The summed E-state index contributed by atoms with van der Waals surface area (Å²) in [5.74, 6) is 0. The number of aliphatic imine (C=N–C) groups is 1. The molecule has 3 aliphatic heterocycles. The summed E-state index contributed by atoms with van der Waals surface area (Å²) in [5, 5.41) is 0. The van der Waals surface area contributed by atoms with Gasteiger partial charge in [0.1, 0.15) is 11.9 Å². The van der Waals surface area contributed by atoms with Crippen LogP contribution in [0.3, 0.4) is 0 Å². The third-order valence-electron chi connectivity index (χ3n) is 6.06. The normalized spacial score (nSPS) is 27.9. The van der Waals surface area contributed by atoms with Crippen molar-refractivity contribution in [3.05, 3.63) is 53.4 Å². The number of benzene rings is 1. The highest BCUT2D eigenvalue weighted by atomic mass is 15.4. The van der Waals surface area contributed by atoms with Crippen LogP contribution < -0.4 is 9.38 Å². The van der Waals surface area contributed by atoms with Gasteiger partial charge in [-0.05, 0) is 26.0 Å². The first-order chi connectivity index (χ1) is 12.2. The molecule has 1 aliphatic carbocycles. The molecule has 0 bridgehead atoms. The van der Waals surface area contributed by atoms with Gasteiger partial charge in [0, 0.05) is 50.1 Å². The Kier molecular flexibility index (Phi) is 3.27. The number of hydrogen-bond acceptors (Lipinski definition) is 3. The molecule has 1 fully saturated rings. The van der Waals surface area contributed by atoms with Crippen LogP contribution >= 0.6 is 0 Å². The largest absolute Gasteiger partial charge is 0.367 e. The summed E-state index contributed by atoms with van der Waals surface area (Å²) in [5.41, 5.74) is 7.91. The molecule has 4 heteroatoms. The van der Waals surface area contributed by atoms with Crippen molar-refractivity contribution in [1.82, 2.24) is 9.38 Å². The highest BCUT2D eigenvalue weighted by Gasteiger charge is 2.42. The topological polar surface area (TPSA) is 18.8 Å². The van der Waals surface area contributed by atoms with Crippen molar-refractivity contribution in [2.24, 2.45) is 4.99 Å². The molecule has 0 spiro atoms. The molecule has 4 aliphatic rings. The summed E-state index contributed by atoms with van der Waals surface area (Å²) >= 11 is 0. The fraction of sp³-hybridized carbons (Fsp3) is 0.381. The van der Waals surface area contributed by atoms with E-state index in [-0.39, 0.29) is 0 Å². The summed E-state index contributed by atoms with van der Waals surface area (Å²) in [6.45, 7) is 4.36. The van der Waals surface area contributed by atoms with Gasteiger partial charge in [-0.1, -0.05) is 12.1 Å². The number of quaternary nitrogens is 1. The van der Waals surface area contributed by atoms with E-state index in [1.807, 2.05) is 0 Å². The number of fused-ring (bicyclic) bond motifs is 2. The SMILES string of the molecule is CN1CCN(c2cccc3c2N=CC2=CCCC4=C2[N+]3(C)C=C4)CC1. The number of rotatable bonds is 1. The number of hydrogen-bond donors (Lipinski definition) is 0. The lowest BCUT2D eigenvalue weighted by Gasteiger charge is -2.36. The Labute approximate surface area is 149 Å². The Morgan fingerprint density at radius 3 is 2.80 bits per heavy atom. The van der Waals surface area contributed by atoms with Crippen LogP contribution in [-0.4, -0.2) is 51.4 Å². The predicted octanol–water partition coefficient (Wildman–Crippen LogP) is 3.59. The van der Waals surface area contributed by atoms with Crippen molar-refractivity contribution in [3.8, 4) is 0 Å². The van der Waals surface area contributed by atoms with Gasteiger partial charge >= 0.3 is 0 Å². The molecule has 1 aromatic carbocycles. The third kappa shape index (κ3) is 2.17. The van der Waals surface area contributed by atoms with Crippen LogP contribution in [0, 0.1) is 0 Å². The minimum Gasteiger partial charge on any atom is -0.367 e.